The summed E-state index contributed by atoms with van der Waals surface area (Å²) >= 11 is 2.94. The summed E-state index contributed by atoms with van der Waals surface area (Å²) in [7, 11) is 0. The molecule has 6 aromatic rings. The molecule has 0 aromatic heterocycles. The van der Waals surface area contributed by atoms with E-state index in [0.29, 0.717) is 44.3 Å². The number of nitrogens with two attached hydrogens (primary N) is 2. The molecule has 0 aliphatic carbocycles. The largest absolute Gasteiger partial charge is 0.398 e. The zero-order chi connectivity index (χ0) is 46.8. The highest BCUT2D eigenvalue weighted by Gasteiger charge is 2.42. The molecule has 16 heteroatoms. The van der Waals surface area contributed by atoms with Gasteiger partial charge in [-0.15, -0.1) is 23.5 Å². The maximum absolute atomic E-state index is 12.9. The van der Waals surface area contributed by atoms with Crippen molar-refractivity contribution in [2.45, 2.75) is 37.2 Å². The number of fused-ring (bicyclic) bond motifs is 3. The first-order valence-electron chi connectivity index (χ1n) is 21.0. The van der Waals surface area contributed by atoms with E-state index >= 15 is 0 Å². The number of hydrogen-bond donors (Lipinski definition) is 2. The van der Waals surface area contributed by atoms with Gasteiger partial charge in [-0.25, -0.2) is 19.6 Å². The van der Waals surface area contributed by atoms with E-state index in [4.69, 9.17) is 11.5 Å². The fourth-order valence-corrected chi connectivity index (χ4v) is 10.2. The van der Waals surface area contributed by atoms with Crippen molar-refractivity contribution in [2.75, 3.05) is 42.6 Å². The Morgan fingerprint density at radius 2 is 0.682 bits per heavy atom. The van der Waals surface area contributed by atoms with Crippen molar-refractivity contribution in [1.29, 1.82) is 0 Å². The molecule has 2 atom stereocenters. The lowest BCUT2D eigenvalue weighted by Crippen LogP contribution is -2.32. The van der Waals surface area contributed by atoms with E-state index in [0.717, 1.165) is 43.5 Å². The van der Waals surface area contributed by atoms with E-state index in [1.165, 1.54) is 57.6 Å². The predicted octanol–water partition coefficient (Wildman–Crippen LogP) is 7.31. The van der Waals surface area contributed by atoms with Gasteiger partial charge in [-0.05, 0) is 47.9 Å². The van der Waals surface area contributed by atoms with Crippen LogP contribution in [-0.2, 0) is 38.4 Å². The molecule has 6 aromatic carbocycles. The fraction of sp³-hybridized carbons (Fsp3) is 0.160. The summed E-state index contributed by atoms with van der Waals surface area (Å²) in [5, 5.41) is 3.87. The van der Waals surface area contributed by atoms with Gasteiger partial charge in [0.1, 0.15) is 0 Å². The number of benzene rings is 6. The summed E-state index contributed by atoms with van der Waals surface area (Å²) in [5.41, 5.74) is 14.9. The summed E-state index contributed by atoms with van der Waals surface area (Å²) in [6.45, 7) is 3.92. The second-order valence-electron chi connectivity index (χ2n) is 15.2. The molecule has 8 amide bonds. The first-order valence-corrected chi connectivity index (χ1v) is 23.1. The minimum absolute atomic E-state index is 0.187. The van der Waals surface area contributed by atoms with Gasteiger partial charge in [0.05, 0.1) is 33.2 Å². The molecule has 4 aliphatic rings. The Labute approximate surface area is 387 Å². The van der Waals surface area contributed by atoms with Gasteiger partial charge in [0.15, 0.2) is 0 Å². The molecule has 14 nitrogen and oxygen atoms in total. The minimum Gasteiger partial charge on any atom is -0.398 e. The van der Waals surface area contributed by atoms with Crippen molar-refractivity contribution in [3.8, 4) is 0 Å². The summed E-state index contributed by atoms with van der Waals surface area (Å²) < 4.78 is 0. The zero-order valence-corrected chi connectivity index (χ0v) is 37.3. The van der Waals surface area contributed by atoms with Crippen LogP contribution < -0.4 is 31.1 Å². The van der Waals surface area contributed by atoms with Crippen molar-refractivity contribution in [3.63, 3.8) is 0 Å². The number of carbonyl (C=O) groups is 8. The number of carbonyl (C=O) groups excluding carboxylic acids is 8. The molecule has 0 spiro atoms. The molecule has 0 saturated carbocycles. The monoisotopic (exact) mass is 918 g/mol. The van der Waals surface area contributed by atoms with Crippen LogP contribution >= 0.6 is 23.5 Å². The van der Waals surface area contributed by atoms with E-state index < -0.39 is 23.6 Å². The average Bonchev–Trinajstić information content (AvgIpc) is 4.01. The molecule has 4 heterocycles. The van der Waals surface area contributed by atoms with Crippen molar-refractivity contribution in [1.82, 2.24) is 0 Å². The summed E-state index contributed by atoms with van der Waals surface area (Å²) in [4.78, 5) is 104. The minimum atomic E-state index is -0.423. The number of amides is 8. The van der Waals surface area contributed by atoms with Crippen LogP contribution in [0.3, 0.4) is 0 Å². The van der Waals surface area contributed by atoms with Gasteiger partial charge < -0.3 is 11.5 Å². The Morgan fingerprint density at radius 3 is 0.985 bits per heavy atom. The molecule has 2 saturated heterocycles. The van der Waals surface area contributed by atoms with Crippen LogP contribution in [0.4, 0.5) is 34.1 Å². The number of rotatable bonds is 8. The van der Waals surface area contributed by atoms with E-state index in [2.05, 4.69) is 0 Å². The van der Waals surface area contributed by atoms with Crippen molar-refractivity contribution < 1.29 is 38.4 Å². The van der Waals surface area contributed by atoms with Crippen LogP contribution in [0.2, 0.25) is 0 Å². The SMILES string of the molecule is CCSC1CC(=O)N(c2cccc3c(N4C(=O)CC(SCC)C4=O)cccc23)C1=O.Nc1cccc2c(N)cccc12.O=C1C=CC(=O)N1c1cccc2c(N3C(=O)C=CC3=O)cccc12. The van der Waals surface area contributed by atoms with Crippen LogP contribution in [0, 0.1) is 0 Å². The summed E-state index contributed by atoms with van der Waals surface area (Å²) in [5.74, 6) is -1.05. The Kier molecular flexibility index (Phi) is 12.9. The summed E-state index contributed by atoms with van der Waals surface area (Å²) in [6, 6.07) is 32.3. The van der Waals surface area contributed by atoms with Gasteiger partial charge in [-0.1, -0.05) is 86.6 Å². The molecule has 0 radical (unpaired) electrons. The van der Waals surface area contributed by atoms with E-state index in [-0.39, 0.29) is 47.0 Å². The third kappa shape index (κ3) is 8.31. The molecule has 2 fully saturated rings. The number of thioether (sulfide) groups is 2. The molecule has 10 rings (SSSR count). The van der Waals surface area contributed by atoms with Gasteiger partial charge in [-0.3, -0.25) is 38.4 Å². The standard InChI is InChI=1S/C22H22N2O4S2.C18H10N2O4.C10H10N2/c1-3-29-17-11-19(25)23(21(17)27)15-9-5-8-14-13(15)7-6-10-16(14)24-20(26)12-18(22(24)28)30-4-2;21-15-7-8-16(22)19(15)13-5-1-3-11-12(13)4-2-6-14(11)20-17(23)9-10-18(20)24;11-9-5-1-3-7-8(9)4-2-6-10(7)12/h5-10,17-18H,3-4,11-12H2,1-2H3;1-10H;1-6H,11-12H2. The first-order chi connectivity index (χ1) is 31.8. The lowest BCUT2D eigenvalue weighted by Gasteiger charge is -2.21. The van der Waals surface area contributed by atoms with Crippen LogP contribution in [0.1, 0.15) is 26.7 Å². The van der Waals surface area contributed by atoms with Crippen molar-refractivity contribution in [3.05, 3.63) is 133 Å². The zero-order valence-electron chi connectivity index (χ0n) is 35.7. The van der Waals surface area contributed by atoms with Gasteiger partial charge >= 0.3 is 0 Å². The van der Waals surface area contributed by atoms with Gasteiger partial charge in [-0.2, -0.15) is 0 Å². The molecule has 66 heavy (non-hydrogen) atoms. The number of hydrogen-bond acceptors (Lipinski definition) is 12. The first kappa shape index (κ1) is 45.0. The maximum Gasteiger partial charge on any atom is 0.258 e. The van der Waals surface area contributed by atoms with Crippen LogP contribution in [0.15, 0.2) is 133 Å². The van der Waals surface area contributed by atoms with Crippen LogP contribution in [0.25, 0.3) is 32.3 Å². The third-order valence-electron chi connectivity index (χ3n) is 11.3. The fourth-order valence-electron chi connectivity index (χ4n) is 8.34. The van der Waals surface area contributed by atoms with Crippen LogP contribution in [-0.4, -0.2) is 69.3 Å². The van der Waals surface area contributed by atoms with E-state index in [1.807, 2.05) is 62.4 Å². The number of imide groups is 4. The lowest BCUT2D eigenvalue weighted by molar-refractivity contribution is -0.122. The average molecular weight is 919 g/mol. The molecule has 4 aliphatic heterocycles. The second-order valence-corrected chi connectivity index (χ2v) is 18.2. The molecular formula is C50H42N6O8S2. The molecular weight excluding hydrogens is 877 g/mol. The highest BCUT2D eigenvalue weighted by molar-refractivity contribution is 8.00. The Morgan fingerprint density at radius 1 is 0.409 bits per heavy atom. The van der Waals surface area contributed by atoms with Gasteiger partial charge in [0.2, 0.25) is 23.6 Å². The van der Waals surface area contributed by atoms with Gasteiger partial charge in [0, 0.05) is 80.8 Å². The normalized spacial score (nSPS) is 18.1. The van der Waals surface area contributed by atoms with Gasteiger partial charge in [0.25, 0.3) is 23.6 Å². The molecule has 332 valence electrons. The Bertz CT molecular complexity index is 2870. The quantitative estimate of drug-likeness (QED) is 0.114. The molecule has 0 bridgehead atoms. The Hall–Kier alpha value is -7.56. The third-order valence-corrected chi connectivity index (χ3v) is 13.5. The number of nitrogen functional groups attached to an aromatic ring is 2. The smallest absolute Gasteiger partial charge is 0.258 e. The molecule has 2 unspecified atom stereocenters. The topological polar surface area (TPSA) is 202 Å². The second kappa shape index (κ2) is 18.9. The number of anilines is 6. The highest BCUT2D eigenvalue weighted by Crippen LogP contribution is 2.40. The molecule has 4 N–H and O–H groups in total. The predicted molar refractivity (Wildman–Crippen MR) is 262 cm³/mol. The van der Waals surface area contributed by atoms with Crippen molar-refractivity contribution >= 4 is 137 Å². The lowest BCUT2D eigenvalue weighted by atomic mass is 10.1. The highest BCUT2D eigenvalue weighted by atomic mass is 32.2. The maximum atomic E-state index is 12.9. The Balaban J connectivity index is 0.000000146. The van der Waals surface area contributed by atoms with Crippen LogP contribution in [0.5, 0.6) is 0 Å². The van der Waals surface area contributed by atoms with Crippen molar-refractivity contribution in [2.24, 2.45) is 0 Å². The van der Waals surface area contributed by atoms with E-state index in [1.54, 1.807) is 60.7 Å². The summed E-state index contributed by atoms with van der Waals surface area (Å²) in [6.07, 6.45) is 5.22. The van der Waals surface area contributed by atoms with E-state index in [9.17, 15) is 38.4 Å². The number of nitrogens with zero attached hydrogens (tertiary/aromatic N) is 4.